The predicted molar refractivity (Wildman–Crippen MR) is 64.7 cm³/mol. The molecule has 1 spiro atoms. The predicted octanol–water partition coefficient (Wildman–Crippen LogP) is 0.625. The Morgan fingerprint density at radius 2 is 1.82 bits per heavy atom. The van der Waals surface area contributed by atoms with E-state index in [0.29, 0.717) is 11.3 Å². The first-order valence-corrected chi connectivity index (χ1v) is 6.86. The number of rotatable bonds is 1. The van der Waals surface area contributed by atoms with Crippen molar-refractivity contribution >= 4 is 5.91 Å². The number of ether oxygens (including phenoxy) is 1. The van der Waals surface area contributed by atoms with E-state index in [-0.39, 0.29) is 5.92 Å². The number of carbonyl (C=O) groups is 1. The zero-order chi connectivity index (χ0) is 11.7. The molecule has 3 aliphatic rings. The summed E-state index contributed by atoms with van der Waals surface area (Å²) in [7, 11) is 0. The topological polar surface area (TPSA) is 41.6 Å². The fourth-order valence-electron chi connectivity index (χ4n) is 3.21. The number of carbonyl (C=O) groups excluding carboxylic acids is 1. The molecule has 0 atom stereocenters. The Hall–Kier alpha value is -0.610. The number of piperidine rings is 2. The zero-order valence-electron chi connectivity index (χ0n) is 10.4. The summed E-state index contributed by atoms with van der Waals surface area (Å²) in [6.07, 6.45) is 4.32. The van der Waals surface area contributed by atoms with Gasteiger partial charge in [-0.15, -0.1) is 0 Å². The van der Waals surface area contributed by atoms with Gasteiger partial charge in [0, 0.05) is 24.4 Å². The summed E-state index contributed by atoms with van der Waals surface area (Å²) in [4.78, 5) is 14.4. The lowest BCUT2D eigenvalue weighted by Gasteiger charge is -2.47. The number of amides is 1. The highest BCUT2D eigenvalue weighted by molar-refractivity contribution is 5.79. The van der Waals surface area contributed by atoms with Gasteiger partial charge in [-0.25, -0.2) is 0 Å². The minimum atomic E-state index is 0.281. The first kappa shape index (κ1) is 11.5. The molecular formula is C13H22N2O2. The minimum Gasteiger partial charge on any atom is -0.380 e. The molecule has 3 saturated heterocycles. The molecule has 3 fully saturated rings. The lowest BCUT2D eigenvalue weighted by atomic mass is 9.76. The van der Waals surface area contributed by atoms with Crippen molar-refractivity contribution in [1.82, 2.24) is 10.2 Å². The van der Waals surface area contributed by atoms with Gasteiger partial charge < -0.3 is 15.0 Å². The molecule has 1 N–H and O–H groups in total. The first-order chi connectivity index (χ1) is 8.29. The molecule has 96 valence electrons. The van der Waals surface area contributed by atoms with E-state index in [0.717, 1.165) is 65.1 Å². The van der Waals surface area contributed by atoms with Crippen LogP contribution in [0.15, 0.2) is 0 Å². The highest BCUT2D eigenvalue weighted by Crippen LogP contribution is 2.38. The van der Waals surface area contributed by atoms with E-state index in [2.05, 4.69) is 10.2 Å². The Morgan fingerprint density at radius 1 is 1.18 bits per heavy atom. The summed E-state index contributed by atoms with van der Waals surface area (Å²) >= 11 is 0. The van der Waals surface area contributed by atoms with Gasteiger partial charge in [0.2, 0.25) is 5.91 Å². The quantitative estimate of drug-likeness (QED) is 0.728. The van der Waals surface area contributed by atoms with E-state index in [1.807, 2.05) is 0 Å². The third-order valence-corrected chi connectivity index (χ3v) is 4.64. The van der Waals surface area contributed by atoms with E-state index in [1.165, 1.54) is 0 Å². The SMILES string of the molecule is O=C(C1CCNCC1)N1CCC2(CC1)COC2. The smallest absolute Gasteiger partial charge is 0.225 e. The number of hydrogen-bond donors (Lipinski definition) is 1. The van der Waals surface area contributed by atoms with Crippen molar-refractivity contribution < 1.29 is 9.53 Å². The third kappa shape index (κ3) is 2.20. The molecule has 0 aromatic rings. The van der Waals surface area contributed by atoms with Gasteiger partial charge in [-0.2, -0.15) is 0 Å². The molecule has 0 aromatic carbocycles. The maximum atomic E-state index is 12.3. The van der Waals surface area contributed by atoms with Crippen molar-refractivity contribution in [3.05, 3.63) is 0 Å². The van der Waals surface area contributed by atoms with Crippen LogP contribution < -0.4 is 5.32 Å². The Balaban J connectivity index is 1.53. The summed E-state index contributed by atoms with van der Waals surface area (Å²) in [6.45, 7) is 5.74. The van der Waals surface area contributed by atoms with Gasteiger partial charge in [0.1, 0.15) is 0 Å². The molecule has 0 aromatic heterocycles. The molecule has 0 unspecified atom stereocenters. The summed E-state index contributed by atoms with van der Waals surface area (Å²) in [5, 5.41) is 3.32. The molecule has 3 heterocycles. The van der Waals surface area contributed by atoms with E-state index in [9.17, 15) is 4.79 Å². The average molecular weight is 238 g/mol. The van der Waals surface area contributed by atoms with Crippen molar-refractivity contribution in [1.29, 1.82) is 0 Å². The minimum absolute atomic E-state index is 0.281. The zero-order valence-corrected chi connectivity index (χ0v) is 10.4. The normalized spacial score (nSPS) is 29.1. The molecule has 1 amide bonds. The Labute approximate surface area is 103 Å². The second-order valence-electron chi connectivity index (χ2n) is 5.84. The third-order valence-electron chi connectivity index (χ3n) is 4.64. The second kappa shape index (κ2) is 4.58. The van der Waals surface area contributed by atoms with Crippen LogP contribution in [0.4, 0.5) is 0 Å². The first-order valence-electron chi connectivity index (χ1n) is 6.86. The standard InChI is InChI=1S/C13H22N2O2/c16-12(11-1-5-14-6-2-11)15-7-3-13(4-8-15)9-17-10-13/h11,14H,1-10H2. The Morgan fingerprint density at radius 3 is 2.35 bits per heavy atom. The van der Waals surface area contributed by atoms with Crippen LogP contribution in [0, 0.1) is 11.3 Å². The molecule has 0 aliphatic carbocycles. The number of hydrogen-bond acceptors (Lipinski definition) is 3. The van der Waals surface area contributed by atoms with Crippen LogP contribution in [0.25, 0.3) is 0 Å². The van der Waals surface area contributed by atoms with Gasteiger partial charge in [0.15, 0.2) is 0 Å². The van der Waals surface area contributed by atoms with Crippen LogP contribution in [0.1, 0.15) is 25.7 Å². The highest BCUT2D eigenvalue weighted by atomic mass is 16.5. The largest absolute Gasteiger partial charge is 0.380 e. The summed E-state index contributed by atoms with van der Waals surface area (Å²) in [6, 6.07) is 0. The van der Waals surface area contributed by atoms with Gasteiger partial charge in [-0.3, -0.25) is 4.79 Å². The second-order valence-corrected chi connectivity index (χ2v) is 5.84. The number of likely N-dealkylation sites (tertiary alicyclic amines) is 1. The Bertz CT molecular complexity index is 286. The fourth-order valence-corrected chi connectivity index (χ4v) is 3.21. The van der Waals surface area contributed by atoms with Crippen LogP contribution in [0.3, 0.4) is 0 Å². The van der Waals surface area contributed by atoms with Crippen LogP contribution in [-0.2, 0) is 9.53 Å². The van der Waals surface area contributed by atoms with Gasteiger partial charge in [0.05, 0.1) is 13.2 Å². The van der Waals surface area contributed by atoms with Crippen LogP contribution >= 0.6 is 0 Å². The maximum absolute atomic E-state index is 12.3. The molecule has 0 radical (unpaired) electrons. The van der Waals surface area contributed by atoms with Crippen molar-refractivity contribution in [3.63, 3.8) is 0 Å². The number of nitrogens with zero attached hydrogens (tertiary/aromatic N) is 1. The van der Waals surface area contributed by atoms with Gasteiger partial charge in [0.25, 0.3) is 0 Å². The van der Waals surface area contributed by atoms with E-state index >= 15 is 0 Å². The van der Waals surface area contributed by atoms with Gasteiger partial charge in [-0.1, -0.05) is 0 Å². The van der Waals surface area contributed by atoms with Crippen LogP contribution in [-0.4, -0.2) is 50.2 Å². The molecular weight excluding hydrogens is 216 g/mol. The molecule has 0 saturated carbocycles. The van der Waals surface area contributed by atoms with Crippen molar-refractivity contribution in [2.45, 2.75) is 25.7 Å². The van der Waals surface area contributed by atoms with Crippen molar-refractivity contribution in [2.24, 2.45) is 11.3 Å². The monoisotopic (exact) mass is 238 g/mol. The highest BCUT2D eigenvalue weighted by Gasteiger charge is 2.42. The Kier molecular flexibility index (Phi) is 3.09. The fraction of sp³-hybridized carbons (Fsp3) is 0.923. The average Bonchev–Trinajstić information content (AvgIpc) is 2.37. The van der Waals surface area contributed by atoms with E-state index in [4.69, 9.17) is 4.74 Å². The molecule has 3 rings (SSSR count). The lowest BCUT2D eigenvalue weighted by molar-refractivity contribution is -0.156. The summed E-state index contributed by atoms with van der Waals surface area (Å²) in [5.41, 5.74) is 0.435. The van der Waals surface area contributed by atoms with Crippen LogP contribution in [0.5, 0.6) is 0 Å². The maximum Gasteiger partial charge on any atom is 0.225 e. The molecule has 0 bridgehead atoms. The van der Waals surface area contributed by atoms with Crippen LogP contribution in [0.2, 0.25) is 0 Å². The van der Waals surface area contributed by atoms with E-state index < -0.39 is 0 Å². The molecule has 4 heteroatoms. The van der Waals surface area contributed by atoms with E-state index in [1.54, 1.807) is 0 Å². The lowest BCUT2D eigenvalue weighted by Crippen LogP contribution is -2.53. The molecule has 17 heavy (non-hydrogen) atoms. The van der Waals surface area contributed by atoms with Crippen molar-refractivity contribution in [2.75, 3.05) is 39.4 Å². The number of nitrogens with one attached hydrogen (secondary N) is 1. The van der Waals surface area contributed by atoms with Gasteiger partial charge in [-0.05, 0) is 38.8 Å². The molecule has 3 aliphatic heterocycles. The van der Waals surface area contributed by atoms with Gasteiger partial charge >= 0.3 is 0 Å². The van der Waals surface area contributed by atoms with Crippen molar-refractivity contribution in [3.8, 4) is 0 Å². The summed E-state index contributed by atoms with van der Waals surface area (Å²) in [5.74, 6) is 0.685. The summed E-state index contributed by atoms with van der Waals surface area (Å²) < 4.78 is 5.32. The molecule has 4 nitrogen and oxygen atoms in total.